The number of aromatic nitrogens is 1. The Bertz CT molecular complexity index is 322. The van der Waals surface area contributed by atoms with E-state index in [0.29, 0.717) is 11.6 Å². The monoisotopic (exact) mass is 201 g/mol. The number of ether oxygens (including phenoxy) is 1. The van der Waals surface area contributed by atoms with Crippen LogP contribution in [0.3, 0.4) is 0 Å². The summed E-state index contributed by atoms with van der Waals surface area (Å²) in [5.74, 6) is 0.175. The van der Waals surface area contributed by atoms with Crippen LogP contribution in [-0.2, 0) is 6.42 Å². The van der Waals surface area contributed by atoms with Crippen molar-refractivity contribution in [2.75, 3.05) is 7.11 Å². The third-order valence-electron chi connectivity index (χ3n) is 1.52. The fourth-order valence-corrected chi connectivity index (χ4v) is 1.74. The number of oxime groups is 1. The SMILES string of the molecule is COc1nc(C)c(C/C(N)=N/O)s1. The van der Waals surface area contributed by atoms with Gasteiger partial charge in [-0.1, -0.05) is 16.5 Å². The predicted octanol–water partition coefficient (Wildman–Crippen LogP) is 0.749. The van der Waals surface area contributed by atoms with Crippen LogP contribution in [0.2, 0.25) is 0 Å². The van der Waals surface area contributed by atoms with Crippen molar-refractivity contribution in [1.29, 1.82) is 0 Å². The van der Waals surface area contributed by atoms with Crippen LogP contribution < -0.4 is 10.5 Å². The molecule has 0 aliphatic rings. The van der Waals surface area contributed by atoms with Crippen molar-refractivity contribution in [3.8, 4) is 5.19 Å². The molecule has 0 saturated heterocycles. The van der Waals surface area contributed by atoms with E-state index in [1.165, 1.54) is 11.3 Å². The zero-order valence-electron chi connectivity index (χ0n) is 7.44. The van der Waals surface area contributed by atoms with Crippen molar-refractivity contribution < 1.29 is 9.94 Å². The predicted molar refractivity (Wildman–Crippen MR) is 50.5 cm³/mol. The van der Waals surface area contributed by atoms with Crippen LogP contribution >= 0.6 is 11.3 Å². The number of rotatable bonds is 3. The maximum absolute atomic E-state index is 8.37. The van der Waals surface area contributed by atoms with Gasteiger partial charge in [0.15, 0.2) is 0 Å². The Hall–Kier alpha value is -1.30. The largest absolute Gasteiger partial charge is 0.473 e. The summed E-state index contributed by atoms with van der Waals surface area (Å²) >= 11 is 1.40. The minimum absolute atomic E-state index is 0.175. The first-order chi connectivity index (χ1) is 6.17. The Kier molecular flexibility index (Phi) is 3.07. The summed E-state index contributed by atoms with van der Waals surface area (Å²) in [7, 11) is 1.56. The Morgan fingerprint density at radius 1 is 1.77 bits per heavy atom. The molecule has 3 N–H and O–H groups in total. The number of hydrogen-bond acceptors (Lipinski definition) is 5. The first-order valence-electron chi connectivity index (χ1n) is 3.64. The van der Waals surface area contributed by atoms with Gasteiger partial charge in [0, 0.05) is 11.3 Å². The van der Waals surface area contributed by atoms with E-state index in [1.807, 2.05) is 6.92 Å². The van der Waals surface area contributed by atoms with Crippen molar-refractivity contribution in [1.82, 2.24) is 4.98 Å². The van der Waals surface area contributed by atoms with Gasteiger partial charge in [-0.15, -0.1) is 0 Å². The molecule has 0 radical (unpaired) electrons. The Labute approximate surface area is 79.8 Å². The molecule has 5 nitrogen and oxygen atoms in total. The lowest BCUT2D eigenvalue weighted by Crippen LogP contribution is -2.14. The molecule has 0 aromatic carbocycles. The molecule has 72 valence electrons. The highest BCUT2D eigenvalue weighted by Crippen LogP contribution is 2.24. The standard InChI is InChI=1S/C7H11N3O2S/c1-4-5(3-6(8)10-11)13-7(9-4)12-2/h11H,3H2,1-2H3,(H2,8,10). The average molecular weight is 201 g/mol. The Balaban J connectivity index is 2.82. The highest BCUT2D eigenvalue weighted by atomic mass is 32.1. The van der Waals surface area contributed by atoms with E-state index in [9.17, 15) is 0 Å². The first-order valence-corrected chi connectivity index (χ1v) is 4.45. The van der Waals surface area contributed by atoms with Gasteiger partial charge in [0.1, 0.15) is 5.84 Å². The fraction of sp³-hybridized carbons (Fsp3) is 0.429. The first kappa shape index (κ1) is 9.79. The van der Waals surface area contributed by atoms with Crippen LogP contribution in [0, 0.1) is 6.92 Å². The molecular weight excluding hydrogens is 190 g/mol. The van der Waals surface area contributed by atoms with E-state index in [1.54, 1.807) is 7.11 Å². The molecule has 1 rings (SSSR count). The van der Waals surface area contributed by atoms with Crippen LogP contribution in [0.25, 0.3) is 0 Å². The minimum atomic E-state index is 0.175. The lowest BCUT2D eigenvalue weighted by Gasteiger charge is -1.94. The highest BCUT2D eigenvalue weighted by Gasteiger charge is 2.08. The van der Waals surface area contributed by atoms with Crippen molar-refractivity contribution in [2.45, 2.75) is 13.3 Å². The topological polar surface area (TPSA) is 80.7 Å². The molecule has 0 saturated carbocycles. The van der Waals surface area contributed by atoms with Crippen molar-refractivity contribution in [3.05, 3.63) is 10.6 Å². The fourth-order valence-electron chi connectivity index (χ4n) is 0.853. The zero-order chi connectivity index (χ0) is 9.84. The molecule has 1 aromatic rings. The molecule has 0 bridgehead atoms. The van der Waals surface area contributed by atoms with Crippen molar-refractivity contribution >= 4 is 17.2 Å². The van der Waals surface area contributed by atoms with Gasteiger partial charge in [0.2, 0.25) is 0 Å². The van der Waals surface area contributed by atoms with Gasteiger partial charge in [0.25, 0.3) is 5.19 Å². The van der Waals surface area contributed by atoms with Gasteiger partial charge in [-0.25, -0.2) is 4.98 Å². The van der Waals surface area contributed by atoms with Gasteiger partial charge in [-0.2, -0.15) is 0 Å². The van der Waals surface area contributed by atoms with E-state index in [4.69, 9.17) is 15.7 Å². The van der Waals surface area contributed by atoms with Gasteiger partial charge >= 0.3 is 0 Å². The minimum Gasteiger partial charge on any atom is -0.473 e. The van der Waals surface area contributed by atoms with Crippen LogP contribution in [0.4, 0.5) is 0 Å². The molecule has 0 aliphatic heterocycles. The molecule has 1 heterocycles. The van der Waals surface area contributed by atoms with E-state index >= 15 is 0 Å². The van der Waals surface area contributed by atoms with Crippen LogP contribution in [0.5, 0.6) is 5.19 Å². The van der Waals surface area contributed by atoms with Gasteiger partial charge in [0.05, 0.1) is 12.8 Å². The quantitative estimate of drug-likeness (QED) is 0.327. The summed E-state index contributed by atoms with van der Waals surface area (Å²) in [5, 5.41) is 11.9. The van der Waals surface area contributed by atoms with E-state index in [0.717, 1.165) is 10.6 Å². The van der Waals surface area contributed by atoms with Crippen LogP contribution in [0.1, 0.15) is 10.6 Å². The summed E-state index contributed by atoms with van der Waals surface area (Å²) in [6, 6.07) is 0. The maximum atomic E-state index is 8.37. The van der Waals surface area contributed by atoms with E-state index in [2.05, 4.69) is 10.1 Å². The molecule has 0 spiro atoms. The normalized spacial score (nSPS) is 11.7. The molecule has 6 heteroatoms. The van der Waals surface area contributed by atoms with Gasteiger partial charge in [-0.05, 0) is 6.92 Å². The van der Waals surface area contributed by atoms with Gasteiger partial charge < -0.3 is 15.7 Å². The lowest BCUT2D eigenvalue weighted by atomic mass is 10.3. The average Bonchev–Trinajstić information content (AvgIpc) is 2.47. The van der Waals surface area contributed by atoms with Crippen molar-refractivity contribution in [3.63, 3.8) is 0 Å². The second kappa shape index (κ2) is 4.08. The molecule has 1 aromatic heterocycles. The number of nitrogens with two attached hydrogens (primary N) is 1. The highest BCUT2D eigenvalue weighted by molar-refractivity contribution is 7.13. The Morgan fingerprint density at radius 2 is 2.46 bits per heavy atom. The smallest absolute Gasteiger partial charge is 0.273 e. The molecule has 13 heavy (non-hydrogen) atoms. The Morgan fingerprint density at radius 3 is 2.92 bits per heavy atom. The van der Waals surface area contributed by atoms with Crippen LogP contribution in [-0.4, -0.2) is 23.1 Å². The molecule has 0 amide bonds. The number of thiazole rings is 1. The molecule has 0 unspecified atom stereocenters. The van der Waals surface area contributed by atoms with E-state index in [-0.39, 0.29) is 5.84 Å². The second-order valence-corrected chi connectivity index (χ2v) is 3.51. The summed E-state index contributed by atoms with van der Waals surface area (Å²) in [6.07, 6.45) is 0.406. The number of aryl methyl sites for hydroxylation is 1. The third-order valence-corrected chi connectivity index (χ3v) is 2.64. The summed E-state index contributed by atoms with van der Waals surface area (Å²) in [6.45, 7) is 1.86. The summed E-state index contributed by atoms with van der Waals surface area (Å²) < 4.78 is 4.96. The molecule has 0 atom stereocenters. The third kappa shape index (κ3) is 2.32. The lowest BCUT2D eigenvalue weighted by molar-refractivity contribution is 0.317. The molecule has 0 fully saturated rings. The maximum Gasteiger partial charge on any atom is 0.273 e. The number of methoxy groups -OCH3 is 1. The summed E-state index contributed by atoms with van der Waals surface area (Å²) in [5.41, 5.74) is 6.22. The van der Waals surface area contributed by atoms with Crippen molar-refractivity contribution in [2.24, 2.45) is 10.9 Å². The van der Waals surface area contributed by atoms with Gasteiger partial charge in [-0.3, -0.25) is 0 Å². The number of hydrogen-bond donors (Lipinski definition) is 2. The molecular formula is C7H11N3O2S. The zero-order valence-corrected chi connectivity index (χ0v) is 8.26. The summed E-state index contributed by atoms with van der Waals surface area (Å²) in [4.78, 5) is 5.07. The number of amidine groups is 1. The van der Waals surface area contributed by atoms with Crippen LogP contribution in [0.15, 0.2) is 5.16 Å². The van der Waals surface area contributed by atoms with E-state index < -0.39 is 0 Å². The molecule has 0 aliphatic carbocycles. The second-order valence-electron chi connectivity index (χ2n) is 2.46. The number of nitrogens with zero attached hydrogens (tertiary/aromatic N) is 2.